The van der Waals surface area contributed by atoms with Crippen LogP contribution in [0.3, 0.4) is 0 Å². The number of ether oxygens (including phenoxy) is 1. The normalized spacial score (nSPS) is 19.0. The molecule has 2 aliphatic rings. The largest absolute Gasteiger partial charge is 0.463 e. The van der Waals surface area contributed by atoms with Crippen molar-refractivity contribution in [1.82, 2.24) is 20.3 Å². The number of benzene rings is 2. The highest BCUT2D eigenvalue weighted by molar-refractivity contribution is 6.36. The Labute approximate surface area is 210 Å². The quantitative estimate of drug-likeness (QED) is 0.166. The second kappa shape index (κ2) is 9.39. The number of pyridine rings is 1. The SMILES string of the molecule is [N-]=[N+]=NCCOc1nc(N2CC3CCC(C2)N3)c2cnc(-c3cccc4cccc(Cl)c34)c(F)c2n1. The molecule has 0 aliphatic carbocycles. The van der Waals surface area contributed by atoms with Crippen LogP contribution in [-0.2, 0) is 0 Å². The lowest BCUT2D eigenvalue weighted by atomic mass is 10.0. The van der Waals surface area contributed by atoms with Crippen molar-refractivity contribution in [3.63, 3.8) is 0 Å². The Kier molecular flexibility index (Phi) is 5.92. The molecule has 2 unspecified atom stereocenters. The molecule has 2 fully saturated rings. The van der Waals surface area contributed by atoms with Gasteiger partial charge in [0.1, 0.15) is 17.0 Å². The highest BCUT2D eigenvalue weighted by Gasteiger charge is 2.34. The fourth-order valence-electron chi connectivity index (χ4n) is 5.20. The zero-order valence-electron chi connectivity index (χ0n) is 19.2. The minimum Gasteiger partial charge on any atom is -0.463 e. The van der Waals surface area contributed by atoms with Crippen molar-refractivity contribution in [2.75, 3.05) is 31.1 Å². The molecule has 1 N–H and O–H groups in total. The van der Waals surface area contributed by atoms with Crippen LogP contribution < -0.4 is 15.0 Å². The third-order valence-corrected chi connectivity index (χ3v) is 7.07. The molecule has 0 amide bonds. The first-order valence-electron chi connectivity index (χ1n) is 11.8. The summed E-state index contributed by atoms with van der Waals surface area (Å²) in [6.45, 7) is 1.70. The molecule has 11 heteroatoms. The summed E-state index contributed by atoms with van der Waals surface area (Å²) in [5, 5.41) is 9.74. The molecule has 182 valence electrons. The summed E-state index contributed by atoms with van der Waals surface area (Å²) in [5.74, 6) is 0.0210. The third-order valence-electron chi connectivity index (χ3n) is 6.75. The Morgan fingerprint density at radius 2 is 1.94 bits per heavy atom. The highest BCUT2D eigenvalue weighted by Crippen LogP contribution is 2.38. The molecule has 0 saturated carbocycles. The molecule has 0 spiro atoms. The molecule has 4 aromatic rings. The number of nitrogens with one attached hydrogen (secondary N) is 1. The summed E-state index contributed by atoms with van der Waals surface area (Å²) < 4.78 is 21.9. The molecule has 2 aromatic heterocycles. The van der Waals surface area contributed by atoms with E-state index in [-0.39, 0.29) is 30.4 Å². The Morgan fingerprint density at radius 1 is 1.17 bits per heavy atom. The van der Waals surface area contributed by atoms with E-state index in [0.29, 0.717) is 33.9 Å². The van der Waals surface area contributed by atoms with Crippen LogP contribution in [0.15, 0.2) is 47.7 Å². The maximum Gasteiger partial charge on any atom is 0.319 e. The number of hydrogen-bond acceptors (Lipinski definition) is 7. The van der Waals surface area contributed by atoms with E-state index in [1.54, 1.807) is 18.3 Å². The fraction of sp³-hybridized carbons (Fsp3) is 0.320. The molecule has 2 atom stereocenters. The Balaban J connectivity index is 1.51. The second-order valence-corrected chi connectivity index (χ2v) is 9.41. The van der Waals surface area contributed by atoms with Crippen LogP contribution >= 0.6 is 11.6 Å². The molecule has 6 rings (SSSR count). The number of piperazine rings is 1. The van der Waals surface area contributed by atoms with Crippen molar-refractivity contribution in [2.45, 2.75) is 24.9 Å². The minimum atomic E-state index is -0.568. The highest BCUT2D eigenvalue weighted by atomic mass is 35.5. The molecule has 2 saturated heterocycles. The fourth-order valence-corrected chi connectivity index (χ4v) is 5.48. The van der Waals surface area contributed by atoms with Gasteiger partial charge < -0.3 is 15.0 Å². The van der Waals surface area contributed by atoms with E-state index in [1.807, 2.05) is 24.3 Å². The first-order valence-corrected chi connectivity index (χ1v) is 12.2. The topological polar surface area (TPSA) is 112 Å². The lowest BCUT2D eigenvalue weighted by molar-refractivity contribution is 0.303. The average molecular weight is 505 g/mol. The number of nitrogens with zero attached hydrogens (tertiary/aromatic N) is 7. The van der Waals surface area contributed by atoms with Crippen LogP contribution in [0.25, 0.3) is 43.4 Å². The van der Waals surface area contributed by atoms with Crippen LogP contribution in [0.5, 0.6) is 6.01 Å². The smallest absolute Gasteiger partial charge is 0.319 e. The maximum atomic E-state index is 16.2. The summed E-state index contributed by atoms with van der Waals surface area (Å²) in [4.78, 5) is 18.5. The minimum absolute atomic E-state index is 0.0310. The van der Waals surface area contributed by atoms with E-state index >= 15 is 4.39 Å². The van der Waals surface area contributed by atoms with Crippen molar-refractivity contribution in [3.05, 3.63) is 63.9 Å². The van der Waals surface area contributed by atoms with Gasteiger partial charge in [-0.25, -0.2) is 4.39 Å². The van der Waals surface area contributed by atoms with Crippen LogP contribution in [0, 0.1) is 5.82 Å². The van der Waals surface area contributed by atoms with Crippen molar-refractivity contribution in [3.8, 4) is 17.3 Å². The Morgan fingerprint density at radius 3 is 2.72 bits per heavy atom. The number of azide groups is 1. The average Bonchev–Trinajstić information content (AvgIpc) is 3.24. The number of anilines is 1. The van der Waals surface area contributed by atoms with E-state index in [0.717, 1.165) is 36.7 Å². The standard InChI is InChI=1S/C25H22ClFN8O/c26-19-6-2-4-14-3-1-5-17(20(14)19)22-21(27)23-18(11-29-22)24(33-25(32-23)36-10-9-30-34-28)35-12-15-7-8-16(13-35)31-15/h1-6,11,15-16,31H,7-10,12-13H2. The van der Waals surface area contributed by atoms with Crippen LogP contribution in [0.2, 0.25) is 5.02 Å². The number of halogens is 2. The second-order valence-electron chi connectivity index (χ2n) is 9.00. The summed E-state index contributed by atoms with van der Waals surface area (Å²) in [7, 11) is 0. The van der Waals surface area contributed by atoms with Crippen molar-refractivity contribution < 1.29 is 9.13 Å². The molecule has 36 heavy (non-hydrogen) atoms. The van der Waals surface area contributed by atoms with Gasteiger partial charge in [-0.05, 0) is 29.8 Å². The summed E-state index contributed by atoms with van der Waals surface area (Å²) >= 11 is 6.51. The van der Waals surface area contributed by atoms with E-state index in [2.05, 4.69) is 35.2 Å². The first kappa shape index (κ1) is 22.7. The van der Waals surface area contributed by atoms with E-state index in [9.17, 15) is 0 Å². The van der Waals surface area contributed by atoms with Crippen LogP contribution in [-0.4, -0.2) is 53.3 Å². The van der Waals surface area contributed by atoms with Crippen molar-refractivity contribution >= 4 is 39.1 Å². The van der Waals surface area contributed by atoms with Gasteiger partial charge in [-0.3, -0.25) is 4.98 Å². The van der Waals surface area contributed by atoms with Crippen LogP contribution in [0.4, 0.5) is 10.2 Å². The lowest BCUT2D eigenvalue weighted by Crippen LogP contribution is -2.51. The van der Waals surface area contributed by atoms with Gasteiger partial charge in [0.25, 0.3) is 0 Å². The molecule has 0 radical (unpaired) electrons. The van der Waals surface area contributed by atoms with Gasteiger partial charge in [0.15, 0.2) is 5.82 Å². The van der Waals surface area contributed by atoms with Crippen LogP contribution in [0.1, 0.15) is 12.8 Å². The predicted octanol–water partition coefficient (Wildman–Crippen LogP) is 5.27. The summed E-state index contributed by atoms with van der Waals surface area (Å²) in [6.07, 6.45) is 3.82. The number of fused-ring (bicyclic) bond motifs is 4. The van der Waals surface area contributed by atoms with E-state index in [4.69, 9.17) is 21.9 Å². The third kappa shape index (κ3) is 4.03. The number of aromatic nitrogens is 3. The van der Waals surface area contributed by atoms with Gasteiger partial charge in [0.05, 0.1) is 18.5 Å². The first-order chi connectivity index (χ1) is 17.6. The Bertz CT molecular complexity index is 1510. The maximum absolute atomic E-state index is 16.2. The molecular weight excluding hydrogens is 483 g/mol. The summed E-state index contributed by atoms with van der Waals surface area (Å²) in [6, 6.07) is 11.9. The van der Waals surface area contributed by atoms with E-state index in [1.165, 1.54) is 0 Å². The zero-order chi connectivity index (χ0) is 24.6. The van der Waals surface area contributed by atoms with Gasteiger partial charge >= 0.3 is 6.01 Å². The molecule has 2 aromatic carbocycles. The molecule has 2 aliphatic heterocycles. The summed E-state index contributed by atoms with van der Waals surface area (Å²) in [5.41, 5.74) is 9.41. The van der Waals surface area contributed by atoms with Gasteiger partial charge in [0.2, 0.25) is 0 Å². The van der Waals surface area contributed by atoms with E-state index < -0.39 is 5.82 Å². The molecule has 2 bridgehead atoms. The Hall–Kier alpha value is -3.72. The van der Waals surface area contributed by atoms with Crippen molar-refractivity contribution in [1.29, 1.82) is 0 Å². The molecule has 9 nitrogen and oxygen atoms in total. The van der Waals surface area contributed by atoms with Gasteiger partial charge in [-0.15, -0.1) is 0 Å². The lowest BCUT2D eigenvalue weighted by Gasteiger charge is -2.34. The van der Waals surface area contributed by atoms with Gasteiger partial charge in [-0.1, -0.05) is 47.0 Å². The van der Waals surface area contributed by atoms with Gasteiger partial charge in [0, 0.05) is 52.3 Å². The van der Waals surface area contributed by atoms with Crippen molar-refractivity contribution in [2.24, 2.45) is 5.11 Å². The number of hydrogen-bond donors (Lipinski definition) is 1. The molecule has 4 heterocycles. The number of rotatable bonds is 6. The van der Waals surface area contributed by atoms with Gasteiger partial charge in [-0.2, -0.15) is 9.97 Å². The monoisotopic (exact) mass is 504 g/mol. The molecular formula is C25H22ClFN8O. The predicted molar refractivity (Wildman–Crippen MR) is 137 cm³/mol. The zero-order valence-corrected chi connectivity index (χ0v) is 20.0.